The molecule has 0 aromatic heterocycles. The summed E-state index contributed by atoms with van der Waals surface area (Å²) in [6.07, 6.45) is 0.988. The zero-order valence-electron chi connectivity index (χ0n) is 16.3. The lowest BCUT2D eigenvalue weighted by Gasteiger charge is -2.25. The van der Waals surface area contributed by atoms with Crippen molar-refractivity contribution in [1.29, 1.82) is 0 Å². The van der Waals surface area contributed by atoms with Crippen molar-refractivity contribution in [3.63, 3.8) is 0 Å². The molecule has 28 heavy (non-hydrogen) atoms. The average molecular weight is 394 g/mol. The summed E-state index contributed by atoms with van der Waals surface area (Å²) in [4.78, 5) is 37.6. The number of rotatable bonds is 15. The lowest BCUT2D eigenvalue weighted by molar-refractivity contribution is -0.140. The quantitative estimate of drug-likeness (QED) is 0.315. The van der Waals surface area contributed by atoms with Crippen LogP contribution < -0.4 is 10.6 Å². The van der Waals surface area contributed by atoms with Gasteiger partial charge in [-0.3, -0.25) is 24.2 Å². The number of amides is 1. The number of carboxylic acids is 2. The summed E-state index contributed by atoms with van der Waals surface area (Å²) in [5, 5.41) is 24.1. The number of hydrogen-bond donors (Lipinski definition) is 4. The normalized spacial score (nSPS) is 11.0. The minimum atomic E-state index is -1.04. The zero-order valence-corrected chi connectivity index (χ0v) is 16.3. The Morgan fingerprint density at radius 2 is 1.46 bits per heavy atom. The summed E-state index contributed by atoms with van der Waals surface area (Å²) in [7, 11) is 0. The van der Waals surface area contributed by atoms with Crippen LogP contribution in [0.2, 0.25) is 0 Å². The van der Waals surface area contributed by atoms with E-state index < -0.39 is 11.9 Å². The van der Waals surface area contributed by atoms with Crippen molar-refractivity contribution < 1.29 is 24.6 Å². The van der Waals surface area contributed by atoms with Gasteiger partial charge in [-0.15, -0.1) is 0 Å². The predicted octanol–water partition coefficient (Wildman–Crippen LogP) is 0.398. The Hall–Kier alpha value is -2.49. The first-order valence-corrected chi connectivity index (χ1v) is 9.34. The van der Waals surface area contributed by atoms with E-state index in [9.17, 15) is 14.4 Å². The van der Waals surface area contributed by atoms with Gasteiger partial charge < -0.3 is 20.8 Å². The highest BCUT2D eigenvalue weighted by molar-refractivity contribution is 5.92. The van der Waals surface area contributed by atoms with Gasteiger partial charge in [-0.05, 0) is 25.1 Å². The smallest absolute Gasteiger partial charge is 0.317 e. The topological polar surface area (TPSA) is 122 Å². The van der Waals surface area contributed by atoms with Gasteiger partial charge in [0.15, 0.2) is 0 Å². The molecule has 0 atom stereocenters. The van der Waals surface area contributed by atoms with Gasteiger partial charge in [0.1, 0.15) is 0 Å². The molecule has 0 saturated carbocycles. The van der Waals surface area contributed by atoms with Crippen molar-refractivity contribution in [3.05, 3.63) is 30.3 Å². The third kappa shape index (κ3) is 11.3. The number of carbonyl (C=O) groups excluding carboxylic acids is 1. The zero-order chi connectivity index (χ0) is 20.8. The molecule has 1 amide bonds. The van der Waals surface area contributed by atoms with E-state index in [0.717, 1.165) is 13.0 Å². The van der Waals surface area contributed by atoms with Crippen LogP contribution >= 0.6 is 0 Å². The molecule has 9 heteroatoms. The first kappa shape index (κ1) is 23.5. The van der Waals surface area contributed by atoms with Crippen LogP contribution in [0.4, 0.5) is 5.69 Å². The number of aliphatic carboxylic acids is 2. The molecule has 0 saturated heterocycles. The molecule has 1 rings (SSSR count). The number of carbonyl (C=O) groups is 3. The van der Waals surface area contributed by atoms with Crippen molar-refractivity contribution >= 4 is 23.5 Å². The highest BCUT2D eigenvalue weighted by atomic mass is 16.4. The van der Waals surface area contributed by atoms with Crippen LogP contribution in [0.1, 0.15) is 13.3 Å². The third-order valence-electron chi connectivity index (χ3n) is 3.91. The lowest BCUT2D eigenvalue weighted by atomic mass is 10.3. The van der Waals surface area contributed by atoms with Crippen LogP contribution in [0.5, 0.6) is 0 Å². The Balaban J connectivity index is 2.57. The van der Waals surface area contributed by atoms with Crippen LogP contribution in [0, 0.1) is 0 Å². The van der Waals surface area contributed by atoms with Gasteiger partial charge in [0.2, 0.25) is 5.91 Å². The maximum atomic E-state index is 12.2. The molecule has 0 bridgehead atoms. The fourth-order valence-corrected chi connectivity index (χ4v) is 2.61. The highest BCUT2D eigenvalue weighted by Gasteiger charge is 2.17. The molecule has 1 aromatic carbocycles. The minimum absolute atomic E-state index is 0.0871. The maximum Gasteiger partial charge on any atom is 0.317 e. The van der Waals surface area contributed by atoms with Gasteiger partial charge in [0.25, 0.3) is 0 Å². The molecule has 0 aliphatic heterocycles. The van der Waals surface area contributed by atoms with E-state index in [4.69, 9.17) is 10.2 Å². The highest BCUT2D eigenvalue weighted by Crippen LogP contribution is 2.05. The minimum Gasteiger partial charge on any atom is -0.480 e. The summed E-state index contributed by atoms with van der Waals surface area (Å²) in [5.74, 6) is -2.30. The largest absolute Gasteiger partial charge is 0.480 e. The number of carboxylic acid groups (broad SMARTS) is 2. The predicted molar refractivity (Wildman–Crippen MR) is 106 cm³/mol. The van der Waals surface area contributed by atoms with Crippen LogP contribution in [0.25, 0.3) is 0 Å². The van der Waals surface area contributed by atoms with Crippen LogP contribution in [-0.2, 0) is 14.4 Å². The molecule has 0 aliphatic carbocycles. The van der Waals surface area contributed by atoms with Crippen molar-refractivity contribution in [3.8, 4) is 0 Å². The Kier molecular flexibility index (Phi) is 11.5. The van der Waals surface area contributed by atoms with Crippen LogP contribution in [-0.4, -0.2) is 90.2 Å². The Bertz CT molecular complexity index is 612. The lowest BCUT2D eigenvalue weighted by Crippen LogP contribution is -2.44. The van der Waals surface area contributed by atoms with Gasteiger partial charge in [-0.25, -0.2) is 0 Å². The molecule has 0 unspecified atom stereocenters. The van der Waals surface area contributed by atoms with E-state index in [2.05, 4.69) is 10.6 Å². The molecule has 1 aromatic rings. The SMILES string of the molecule is CCCNCCN(CCN(CC(=O)O)CC(=O)Nc1ccccc1)CC(=O)O. The fraction of sp³-hybridized carbons (Fsp3) is 0.526. The average Bonchev–Trinajstić information content (AvgIpc) is 2.62. The van der Waals surface area contributed by atoms with E-state index >= 15 is 0 Å². The van der Waals surface area contributed by atoms with Crippen molar-refractivity contribution in [2.45, 2.75) is 13.3 Å². The van der Waals surface area contributed by atoms with E-state index in [1.807, 2.05) is 13.0 Å². The van der Waals surface area contributed by atoms with Crippen molar-refractivity contribution in [2.24, 2.45) is 0 Å². The third-order valence-corrected chi connectivity index (χ3v) is 3.91. The molecule has 0 radical (unpaired) electrons. The molecule has 9 nitrogen and oxygen atoms in total. The number of anilines is 1. The maximum absolute atomic E-state index is 12.2. The van der Waals surface area contributed by atoms with Gasteiger partial charge in [0, 0.05) is 31.9 Å². The Morgan fingerprint density at radius 1 is 0.857 bits per heavy atom. The number of hydrogen-bond acceptors (Lipinski definition) is 6. The first-order chi connectivity index (χ1) is 13.4. The second kappa shape index (κ2) is 13.6. The van der Waals surface area contributed by atoms with Crippen molar-refractivity contribution in [1.82, 2.24) is 15.1 Å². The molecular formula is C19H30N4O5. The molecule has 0 spiro atoms. The van der Waals surface area contributed by atoms with Gasteiger partial charge in [0.05, 0.1) is 19.6 Å². The standard InChI is InChI=1S/C19H30N4O5/c1-2-8-20-9-10-22(14-18(25)26)11-12-23(15-19(27)28)13-17(24)21-16-6-4-3-5-7-16/h3-7,20H,2,8-15H2,1H3,(H,21,24)(H,25,26)(H,27,28). The molecule has 156 valence electrons. The van der Waals surface area contributed by atoms with E-state index in [1.165, 1.54) is 4.90 Å². The second-order valence-corrected chi connectivity index (χ2v) is 6.44. The van der Waals surface area contributed by atoms with E-state index in [1.54, 1.807) is 29.2 Å². The first-order valence-electron chi connectivity index (χ1n) is 9.34. The number of para-hydroxylation sites is 1. The summed E-state index contributed by atoms with van der Waals surface area (Å²) in [6, 6.07) is 8.91. The molecule has 0 aliphatic rings. The number of nitrogens with one attached hydrogen (secondary N) is 2. The molecule has 4 N–H and O–H groups in total. The molecule has 0 fully saturated rings. The van der Waals surface area contributed by atoms with Gasteiger partial charge in [-0.2, -0.15) is 0 Å². The van der Waals surface area contributed by atoms with E-state index in [0.29, 0.717) is 25.3 Å². The summed E-state index contributed by atoms with van der Waals surface area (Å²) in [6.45, 7) is 4.19. The molecular weight excluding hydrogens is 364 g/mol. The Labute approximate surface area is 165 Å². The fourth-order valence-electron chi connectivity index (χ4n) is 2.61. The van der Waals surface area contributed by atoms with Gasteiger partial charge >= 0.3 is 11.9 Å². The number of nitrogens with zero attached hydrogens (tertiary/aromatic N) is 2. The summed E-state index contributed by atoms with van der Waals surface area (Å²) < 4.78 is 0. The second-order valence-electron chi connectivity index (χ2n) is 6.44. The summed E-state index contributed by atoms with van der Waals surface area (Å²) in [5.41, 5.74) is 0.636. The van der Waals surface area contributed by atoms with Crippen LogP contribution in [0.3, 0.4) is 0 Å². The van der Waals surface area contributed by atoms with Crippen LogP contribution in [0.15, 0.2) is 30.3 Å². The van der Waals surface area contributed by atoms with E-state index in [-0.39, 0.29) is 32.1 Å². The molecule has 0 heterocycles. The monoisotopic (exact) mass is 394 g/mol. The van der Waals surface area contributed by atoms with Gasteiger partial charge in [-0.1, -0.05) is 25.1 Å². The Morgan fingerprint density at radius 3 is 2.07 bits per heavy atom. The summed E-state index contributed by atoms with van der Waals surface area (Å²) >= 11 is 0. The number of benzene rings is 1. The van der Waals surface area contributed by atoms with Crippen molar-refractivity contribution in [2.75, 3.05) is 57.7 Å².